The number of nitrogens with zero attached hydrogens (tertiary/aromatic N) is 1. The third-order valence-electron chi connectivity index (χ3n) is 7.34. The van der Waals surface area contributed by atoms with Crippen LogP contribution in [0.3, 0.4) is 0 Å². The minimum atomic E-state index is -0.798. The number of carbonyl (C=O) groups excluding carboxylic acids is 2. The van der Waals surface area contributed by atoms with Crippen molar-refractivity contribution in [3.8, 4) is 0 Å². The number of anilines is 1. The first-order valence-electron chi connectivity index (χ1n) is 11.1. The first-order chi connectivity index (χ1) is 14.2. The molecule has 4 rings (SSSR count). The van der Waals surface area contributed by atoms with Crippen LogP contribution in [0.25, 0.3) is 0 Å². The van der Waals surface area contributed by atoms with Gasteiger partial charge in [0, 0.05) is 30.6 Å². The van der Waals surface area contributed by atoms with Crippen molar-refractivity contribution in [2.24, 2.45) is 11.8 Å². The smallest absolute Gasteiger partial charge is 0.321 e. The van der Waals surface area contributed by atoms with Crippen molar-refractivity contribution >= 4 is 29.3 Å². The molecule has 2 amide bonds. The number of hydroxylamine groups is 3. The largest absolute Gasteiger partial charge is 0.625 e. The van der Waals surface area contributed by atoms with E-state index in [0.29, 0.717) is 18.0 Å². The molecule has 1 aromatic carbocycles. The Kier molecular flexibility index (Phi) is 6.01. The average molecular weight is 432 g/mol. The van der Waals surface area contributed by atoms with Crippen LogP contribution < -0.4 is 10.6 Å². The first-order valence-corrected chi connectivity index (χ1v) is 12.1. The Morgan fingerprint density at radius 1 is 1.30 bits per heavy atom. The molecule has 3 fully saturated rings. The van der Waals surface area contributed by atoms with Gasteiger partial charge in [-0.05, 0) is 61.6 Å². The second-order valence-corrected chi connectivity index (χ2v) is 10.9. The summed E-state index contributed by atoms with van der Waals surface area (Å²) in [6, 6.07) is 5.85. The van der Waals surface area contributed by atoms with Crippen molar-refractivity contribution in [2.45, 2.75) is 63.3 Å². The summed E-state index contributed by atoms with van der Waals surface area (Å²) in [5.41, 5.74) is 2.58. The summed E-state index contributed by atoms with van der Waals surface area (Å²) in [6.45, 7) is 6.95. The highest BCUT2D eigenvalue weighted by Gasteiger charge is 2.50. The van der Waals surface area contributed by atoms with Gasteiger partial charge in [0.15, 0.2) is 0 Å². The number of piperidine rings is 2. The molecule has 2 N–H and O–H groups in total. The maximum Gasteiger partial charge on any atom is 0.321 e. The molecule has 7 atom stereocenters. The van der Waals surface area contributed by atoms with Gasteiger partial charge in [0.1, 0.15) is 12.0 Å². The molecule has 0 radical (unpaired) electrons. The van der Waals surface area contributed by atoms with Crippen molar-refractivity contribution in [3.63, 3.8) is 0 Å². The highest BCUT2D eigenvalue weighted by atomic mass is 32.2. The number of amides is 2. The Labute approximate surface area is 183 Å². The lowest BCUT2D eigenvalue weighted by Gasteiger charge is -2.54. The summed E-state index contributed by atoms with van der Waals surface area (Å²) in [5.74, 6) is 0.919. The Morgan fingerprint density at radius 2 is 2.07 bits per heavy atom. The molecule has 3 aliphatic rings. The topological polar surface area (TPSA) is 81.3 Å². The van der Waals surface area contributed by atoms with Crippen molar-refractivity contribution in [1.29, 1.82) is 0 Å². The fraction of sp³-hybridized carbons (Fsp3) is 0.652. The number of quaternary nitrogens is 1. The van der Waals surface area contributed by atoms with Gasteiger partial charge >= 0.3 is 5.91 Å². The summed E-state index contributed by atoms with van der Waals surface area (Å²) < 4.78 is -0.798. The van der Waals surface area contributed by atoms with E-state index in [-0.39, 0.29) is 35.1 Å². The number of benzene rings is 1. The highest BCUT2D eigenvalue weighted by Crippen LogP contribution is 2.42. The fourth-order valence-corrected chi connectivity index (χ4v) is 6.88. The third-order valence-corrected chi connectivity index (χ3v) is 8.85. The van der Waals surface area contributed by atoms with Crippen LogP contribution in [0.1, 0.15) is 50.2 Å². The SMILES string of the molecule is Cc1ccc(NC(=O)C2SCCC2C)cc1C1CC2CNC(C)CC2[N+](C)([O-])C1=O. The van der Waals surface area contributed by atoms with E-state index in [9.17, 15) is 14.8 Å². The molecular formula is C23H33N3O3S. The van der Waals surface area contributed by atoms with Gasteiger partial charge < -0.3 is 15.8 Å². The highest BCUT2D eigenvalue weighted by molar-refractivity contribution is 8.00. The van der Waals surface area contributed by atoms with Gasteiger partial charge in [-0.2, -0.15) is 0 Å². The van der Waals surface area contributed by atoms with Crippen LogP contribution in [-0.2, 0) is 9.59 Å². The maximum absolute atomic E-state index is 13.4. The number of nitrogens with one attached hydrogen (secondary N) is 2. The van der Waals surface area contributed by atoms with Gasteiger partial charge in [0.25, 0.3) is 0 Å². The number of fused-ring (bicyclic) bond motifs is 1. The summed E-state index contributed by atoms with van der Waals surface area (Å²) in [4.78, 5) is 26.0. The van der Waals surface area contributed by atoms with E-state index >= 15 is 0 Å². The van der Waals surface area contributed by atoms with E-state index in [1.54, 1.807) is 11.8 Å². The number of likely N-dealkylation sites (N-methyl/N-ethyl adjacent to an activating group) is 1. The van der Waals surface area contributed by atoms with Crippen LogP contribution in [0.2, 0.25) is 0 Å². The molecular weight excluding hydrogens is 398 g/mol. The average Bonchev–Trinajstić information content (AvgIpc) is 3.13. The molecule has 3 heterocycles. The lowest BCUT2D eigenvalue weighted by molar-refractivity contribution is -0.822. The third kappa shape index (κ3) is 3.93. The van der Waals surface area contributed by atoms with E-state index in [0.717, 1.165) is 36.3 Å². The number of hydrogen-bond donors (Lipinski definition) is 2. The number of rotatable bonds is 3. The Bertz CT molecular complexity index is 843. The minimum Gasteiger partial charge on any atom is -0.625 e. The van der Waals surface area contributed by atoms with E-state index < -0.39 is 10.6 Å². The minimum absolute atomic E-state index is 0.0243. The van der Waals surface area contributed by atoms with Crippen molar-refractivity contribution in [2.75, 3.05) is 24.7 Å². The lowest BCUT2D eigenvalue weighted by Crippen LogP contribution is -2.65. The number of thioether (sulfide) groups is 1. The molecule has 30 heavy (non-hydrogen) atoms. The molecule has 3 aliphatic heterocycles. The van der Waals surface area contributed by atoms with Crippen molar-refractivity contribution in [1.82, 2.24) is 5.32 Å². The predicted octanol–water partition coefficient (Wildman–Crippen LogP) is 3.40. The fourth-order valence-electron chi connectivity index (χ4n) is 5.44. The van der Waals surface area contributed by atoms with Crippen molar-refractivity contribution in [3.05, 3.63) is 34.5 Å². The van der Waals surface area contributed by atoms with Gasteiger partial charge in [-0.15, -0.1) is 11.8 Å². The maximum atomic E-state index is 13.4. The lowest BCUT2D eigenvalue weighted by atomic mass is 9.74. The van der Waals surface area contributed by atoms with Crippen LogP contribution >= 0.6 is 11.8 Å². The normalized spacial score (nSPS) is 38.9. The summed E-state index contributed by atoms with van der Waals surface area (Å²) >= 11 is 1.71. The van der Waals surface area contributed by atoms with Crippen LogP contribution in [0, 0.1) is 24.0 Å². The van der Waals surface area contributed by atoms with Gasteiger partial charge in [0.05, 0.1) is 12.3 Å². The van der Waals surface area contributed by atoms with Crippen molar-refractivity contribution < 1.29 is 14.2 Å². The van der Waals surface area contributed by atoms with Gasteiger partial charge in [-0.25, -0.2) is 4.79 Å². The molecule has 0 aliphatic carbocycles. The monoisotopic (exact) mass is 431 g/mol. The standard InChI is InChI=1S/C23H33N3O3S/c1-13-5-6-17(25-22(27)21-14(2)7-8-30-21)11-18(13)19-10-16-12-24-15(3)9-20(16)26(4,29)23(19)28/h5-6,11,14-16,19-21,24H,7-10,12H2,1-4H3,(H,25,27). The number of likely N-dealkylation sites (tertiary alicyclic amines) is 1. The predicted molar refractivity (Wildman–Crippen MR) is 121 cm³/mol. The molecule has 7 unspecified atom stereocenters. The Hall–Kier alpha value is -1.41. The molecule has 6 nitrogen and oxygen atoms in total. The van der Waals surface area contributed by atoms with Gasteiger partial charge in [-0.1, -0.05) is 13.0 Å². The molecule has 0 spiro atoms. The van der Waals surface area contributed by atoms with Crippen LogP contribution in [-0.4, -0.2) is 53.1 Å². The van der Waals surface area contributed by atoms with Gasteiger partial charge in [0.2, 0.25) is 5.91 Å². The van der Waals surface area contributed by atoms with Gasteiger partial charge in [-0.3, -0.25) is 9.44 Å². The second kappa shape index (κ2) is 8.26. The quantitative estimate of drug-likeness (QED) is 0.566. The van der Waals surface area contributed by atoms with E-state index in [2.05, 4.69) is 24.5 Å². The van der Waals surface area contributed by atoms with Crippen LogP contribution in [0.5, 0.6) is 0 Å². The zero-order valence-electron chi connectivity index (χ0n) is 18.3. The van der Waals surface area contributed by atoms with Crippen LogP contribution in [0.4, 0.5) is 5.69 Å². The van der Waals surface area contributed by atoms with E-state index in [1.807, 2.05) is 25.1 Å². The first kappa shape index (κ1) is 21.8. The molecule has 7 heteroatoms. The Balaban J connectivity index is 1.58. The zero-order valence-corrected chi connectivity index (χ0v) is 19.1. The molecule has 1 aromatic rings. The summed E-state index contributed by atoms with van der Waals surface area (Å²) in [7, 11) is 1.53. The second-order valence-electron chi connectivity index (χ2n) is 9.61. The number of hydrogen-bond acceptors (Lipinski definition) is 5. The molecule has 164 valence electrons. The number of carbonyl (C=O) groups is 2. The van der Waals surface area contributed by atoms with E-state index in [1.165, 1.54) is 7.05 Å². The molecule has 0 bridgehead atoms. The number of aryl methyl sites for hydroxylation is 1. The zero-order chi connectivity index (χ0) is 21.6. The molecule has 0 aromatic heterocycles. The van der Waals surface area contributed by atoms with E-state index in [4.69, 9.17) is 0 Å². The molecule has 3 saturated heterocycles. The summed E-state index contributed by atoms with van der Waals surface area (Å²) in [5, 5.41) is 19.9. The summed E-state index contributed by atoms with van der Waals surface area (Å²) in [6.07, 6.45) is 2.48. The Morgan fingerprint density at radius 3 is 2.77 bits per heavy atom. The van der Waals surface area contributed by atoms with Crippen LogP contribution in [0.15, 0.2) is 18.2 Å². The molecule has 0 saturated carbocycles.